The molecule has 4 rings (SSSR count). The molecule has 0 aliphatic carbocycles. The molecular weight excluding hydrogens is 504 g/mol. The zero-order valence-corrected chi connectivity index (χ0v) is 21.1. The number of anilines is 1. The van der Waals surface area contributed by atoms with E-state index >= 15 is 0 Å². The van der Waals surface area contributed by atoms with Gasteiger partial charge in [0.15, 0.2) is 11.5 Å². The number of halogens is 4. The summed E-state index contributed by atoms with van der Waals surface area (Å²) in [6, 6.07) is 14.1. The van der Waals surface area contributed by atoms with Crippen LogP contribution in [0.1, 0.15) is 23.1 Å². The average molecular weight is 533 g/mol. The lowest BCUT2D eigenvalue weighted by molar-refractivity contribution is -0.137. The first-order valence-electron chi connectivity index (χ1n) is 12.1. The quantitative estimate of drug-likeness (QED) is 0.303. The van der Waals surface area contributed by atoms with E-state index in [1.54, 1.807) is 34.1 Å². The van der Waals surface area contributed by atoms with E-state index in [1.165, 1.54) is 38.5 Å². The number of urea groups is 1. The number of benzene rings is 3. The van der Waals surface area contributed by atoms with E-state index in [-0.39, 0.29) is 25.6 Å². The zero-order chi connectivity index (χ0) is 27.3. The summed E-state index contributed by atoms with van der Waals surface area (Å²) in [6.07, 6.45) is -3.46. The van der Waals surface area contributed by atoms with Crippen LogP contribution < -0.4 is 19.1 Å². The second-order valence-electron chi connectivity index (χ2n) is 8.80. The molecule has 0 radical (unpaired) electrons. The Kier molecular flexibility index (Phi) is 8.29. The van der Waals surface area contributed by atoms with Crippen molar-refractivity contribution in [3.8, 4) is 17.2 Å². The first kappa shape index (κ1) is 27.1. The van der Waals surface area contributed by atoms with Crippen LogP contribution in [0.4, 0.5) is 28.0 Å². The Morgan fingerprint density at radius 2 is 1.66 bits per heavy atom. The fourth-order valence-corrected chi connectivity index (χ4v) is 4.37. The summed E-state index contributed by atoms with van der Waals surface area (Å²) in [5.41, 5.74) is 0.931. The first-order valence-corrected chi connectivity index (χ1v) is 12.1. The van der Waals surface area contributed by atoms with Crippen LogP contribution in [-0.4, -0.2) is 44.8 Å². The van der Waals surface area contributed by atoms with E-state index in [2.05, 4.69) is 0 Å². The molecular formula is C28H28F4N2O4. The molecule has 0 saturated carbocycles. The van der Waals surface area contributed by atoms with Crippen molar-refractivity contribution in [3.05, 3.63) is 83.2 Å². The molecule has 0 N–H and O–H groups in total. The minimum atomic E-state index is -4.41. The Labute approximate surface area is 218 Å². The Morgan fingerprint density at radius 3 is 2.39 bits per heavy atom. The van der Waals surface area contributed by atoms with Crippen molar-refractivity contribution in [2.24, 2.45) is 0 Å². The second-order valence-corrected chi connectivity index (χ2v) is 8.80. The van der Waals surface area contributed by atoms with E-state index in [0.717, 1.165) is 12.1 Å². The van der Waals surface area contributed by atoms with Gasteiger partial charge in [-0.2, -0.15) is 13.2 Å². The van der Waals surface area contributed by atoms with Gasteiger partial charge in [-0.3, -0.25) is 4.90 Å². The van der Waals surface area contributed by atoms with Gasteiger partial charge in [-0.05, 0) is 48.4 Å². The van der Waals surface area contributed by atoms with Crippen molar-refractivity contribution >= 4 is 11.7 Å². The van der Waals surface area contributed by atoms with Crippen LogP contribution in [0.25, 0.3) is 0 Å². The highest BCUT2D eigenvalue weighted by Crippen LogP contribution is 2.34. The van der Waals surface area contributed by atoms with Gasteiger partial charge in [0.25, 0.3) is 0 Å². The lowest BCUT2D eigenvalue weighted by Crippen LogP contribution is -2.49. The SMILES string of the molecule is COc1ccc(F)cc1CN1CCCN(c2ccc(OC)c(OCCc3cccc(C(F)(F)F)c3)c2)C1=O. The number of hydrogen-bond donors (Lipinski definition) is 0. The Morgan fingerprint density at radius 1 is 0.895 bits per heavy atom. The molecule has 1 heterocycles. The van der Waals surface area contributed by atoms with Crippen LogP contribution in [-0.2, 0) is 19.1 Å². The van der Waals surface area contributed by atoms with Gasteiger partial charge in [0.05, 0.1) is 32.9 Å². The van der Waals surface area contributed by atoms with E-state index in [1.807, 2.05) is 0 Å². The molecule has 202 valence electrons. The third-order valence-electron chi connectivity index (χ3n) is 6.28. The highest BCUT2D eigenvalue weighted by molar-refractivity contribution is 5.93. The normalized spacial score (nSPS) is 14.0. The molecule has 1 saturated heterocycles. The summed E-state index contributed by atoms with van der Waals surface area (Å²) >= 11 is 0. The summed E-state index contributed by atoms with van der Waals surface area (Å²) in [4.78, 5) is 16.6. The minimum absolute atomic E-state index is 0.112. The van der Waals surface area contributed by atoms with Gasteiger partial charge in [0, 0.05) is 36.8 Å². The third-order valence-corrected chi connectivity index (χ3v) is 6.28. The van der Waals surface area contributed by atoms with Crippen LogP contribution in [0.2, 0.25) is 0 Å². The topological polar surface area (TPSA) is 51.2 Å². The summed E-state index contributed by atoms with van der Waals surface area (Å²) in [5, 5.41) is 0. The molecule has 38 heavy (non-hydrogen) atoms. The maximum absolute atomic E-state index is 13.8. The smallest absolute Gasteiger partial charge is 0.416 e. The predicted molar refractivity (Wildman–Crippen MR) is 134 cm³/mol. The first-order chi connectivity index (χ1) is 18.2. The molecule has 1 aliphatic heterocycles. The maximum Gasteiger partial charge on any atom is 0.416 e. The van der Waals surface area contributed by atoms with Gasteiger partial charge in [0.1, 0.15) is 11.6 Å². The molecule has 0 bridgehead atoms. The lowest BCUT2D eigenvalue weighted by Gasteiger charge is -2.36. The Bertz CT molecular complexity index is 1280. The Balaban J connectivity index is 1.47. The number of amides is 2. The number of carbonyl (C=O) groups is 1. The summed E-state index contributed by atoms with van der Waals surface area (Å²) in [5.74, 6) is 0.888. The predicted octanol–water partition coefficient (Wildman–Crippen LogP) is 6.32. The minimum Gasteiger partial charge on any atom is -0.496 e. The van der Waals surface area contributed by atoms with Crippen molar-refractivity contribution in [2.75, 3.05) is 38.8 Å². The van der Waals surface area contributed by atoms with Crippen LogP contribution in [0.15, 0.2) is 60.7 Å². The number of methoxy groups -OCH3 is 2. The molecule has 0 atom stereocenters. The van der Waals surface area contributed by atoms with Crippen molar-refractivity contribution in [3.63, 3.8) is 0 Å². The van der Waals surface area contributed by atoms with Crippen LogP contribution in [0.5, 0.6) is 17.2 Å². The van der Waals surface area contributed by atoms with Gasteiger partial charge < -0.3 is 19.1 Å². The fourth-order valence-electron chi connectivity index (χ4n) is 4.37. The fraction of sp³-hybridized carbons (Fsp3) is 0.321. The molecule has 1 fully saturated rings. The maximum atomic E-state index is 13.8. The number of rotatable bonds is 9. The van der Waals surface area contributed by atoms with Gasteiger partial charge >= 0.3 is 12.2 Å². The summed E-state index contributed by atoms with van der Waals surface area (Å²) < 4.78 is 69.4. The van der Waals surface area contributed by atoms with Crippen LogP contribution >= 0.6 is 0 Å². The van der Waals surface area contributed by atoms with Gasteiger partial charge in [-0.1, -0.05) is 18.2 Å². The van der Waals surface area contributed by atoms with E-state index in [4.69, 9.17) is 14.2 Å². The van der Waals surface area contributed by atoms with Crippen LogP contribution in [0, 0.1) is 5.82 Å². The standard InChI is InChI=1S/C28H28F4N2O4/c1-36-24-9-7-22(29)16-20(24)18-33-12-4-13-34(27(33)35)23-8-10-25(37-2)26(17-23)38-14-11-19-5-3-6-21(15-19)28(30,31)32/h3,5-10,15-17H,4,11-14,18H2,1-2H3. The summed E-state index contributed by atoms with van der Waals surface area (Å²) in [7, 11) is 2.97. The van der Waals surface area contributed by atoms with Gasteiger partial charge in [0.2, 0.25) is 0 Å². The van der Waals surface area contributed by atoms with Gasteiger partial charge in [-0.25, -0.2) is 9.18 Å². The number of hydrogen-bond acceptors (Lipinski definition) is 4. The van der Waals surface area contributed by atoms with E-state index < -0.39 is 17.6 Å². The van der Waals surface area contributed by atoms with Gasteiger partial charge in [-0.15, -0.1) is 0 Å². The molecule has 0 aromatic heterocycles. The second kappa shape index (κ2) is 11.6. The lowest BCUT2D eigenvalue weighted by atomic mass is 10.1. The zero-order valence-electron chi connectivity index (χ0n) is 21.1. The van der Waals surface area contributed by atoms with E-state index in [0.29, 0.717) is 53.6 Å². The number of carbonyl (C=O) groups excluding carboxylic acids is 1. The van der Waals surface area contributed by atoms with E-state index in [9.17, 15) is 22.4 Å². The van der Waals surface area contributed by atoms with Crippen molar-refractivity contribution in [2.45, 2.75) is 25.6 Å². The molecule has 2 amide bonds. The monoisotopic (exact) mass is 532 g/mol. The number of ether oxygens (including phenoxy) is 3. The highest BCUT2D eigenvalue weighted by atomic mass is 19.4. The third kappa shape index (κ3) is 6.30. The molecule has 3 aromatic rings. The van der Waals surface area contributed by atoms with Crippen molar-refractivity contribution in [1.82, 2.24) is 4.90 Å². The molecule has 10 heteroatoms. The molecule has 0 spiro atoms. The van der Waals surface area contributed by atoms with Crippen LogP contribution in [0.3, 0.4) is 0 Å². The summed E-state index contributed by atoms with van der Waals surface area (Å²) in [6.45, 7) is 1.28. The Hall–Kier alpha value is -3.95. The average Bonchev–Trinajstić information content (AvgIpc) is 2.90. The number of alkyl halides is 3. The largest absolute Gasteiger partial charge is 0.496 e. The highest BCUT2D eigenvalue weighted by Gasteiger charge is 2.30. The van der Waals surface area contributed by atoms with Crippen molar-refractivity contribution in [1.29, 1.82) is 0 Å². The van der Waals surface area contributed by atoms with Crippen molar-refractivity contribution < 1.29 is 36.6 Å². The number of nitrogens with zero attached hydrogens (tertiary/aromatic N) is 2. The molecule has 0 unspecified atom stereocenters. The molecule has 3 aromatic carbocycles. The molecule has 6 nitrogen and oxygen atoms in total. The molecule has 1 aliphatic rings.